The molecule has 1 amide bonds. The van der Waals surface area contributed by atoms with Gasteiger partial charge in [0.25, 0.3) is 0 Å². The third-order valence-corrected chi connectivity index (χ3v) is 2.57. The van der Waals surface area contributed by atoms with Crippen LogP contribution in [0, 0.1) is 5.92 Å². The van der Waals surface area contributed by atoms with E-state index < -0.39 is 0 Å². The lowest BCUT2D eigenvalue weighted by Gasteiger charge is -2.23. The van der Waals surface area contributed by atoms with E-state index >= 15 is 0 Å². The van der Waals surface area contributed by atoms with Crippen LogP contribution in [0.15, 0.2) is 12.2 Å². The fourth-order valence-electron chi connectivity index (χ4n) is 1.57. The zero-order chi connectivity index (χ0) is 8.39. The number of hydrogen-bond donors (Lipinski definition) is 0. The normalized spacial score (nSPS) is 22.8. The molecule has 2 aliphatic rings. The fraction of sp³-hybridized carbons (Fsp3) is 0.700. The first kappa shape index (κ1) is 7.84. The molecular weight excluding hydrogens is 150 g/mol. The summed E-state index contributed by atoms with van der Waals surface area (Å²) >= 11 is 0. The molecule has 66 valence electrons. The minimum atomic E-state index is 0.363. The number of hydrogen-bond acceptors (Lipinski definition) is 1. The molecule has 0 bridgehead atoms. The molecule has 0 spiro atoms. The van der Waals surface area contributed by atoms with E-state index in [2.05, 4.69) is 12.2 Å². The van der Waals surface area contributed by atoms with E-state index in [-0.39, 0.29) is 0 Å². The Balaban J connectivity index is 1.81. The summed E-state index contributed by atoms with van der Waals surface area (Å²) in [6.07, 6.45) is 8.63. The lowest BCUT2D eigenvalue weighted by Crippen LogP contribution is -2.33. The maximum atomic E-state index is 11.5. The first-order valence-electron chi connectivity index (χ1n) is 4.79. The van der Waals surface area contributed by atoms with Gasteiger partial charge in [-0.3, -0.25) is 4.79 Å². The summed E-state index contributed by atoms with van der Waals surface area (Å²) in [5.74, 6) is 1.09. The highest BCUT2D eigenvalue weighted by Gasteiger charge is 2.26. The third kappa shape index (κ3) is 1.87. The quantitative estimate of drug-likeness (QED) is 0.569. The van der Waals surface area contributed by atoms with Crippen molar-refractivity contribution in [2.24, 2.45) is 5.92 Å². The Hall–Kier alpha value is -0.790. The van der Waals surface area contributed by atoms with E-state index in [9.17, 15) is 4.79 Å². The van der Waals surface area contributed by atoms with Gasteiger partial charge >= 0.3 is 0 Å². The SMILES string of the molecule is O=C(CC1CC1)N1CC=CCC1. The fourth-order valence-corrected chi connectivity index (χ4v) is 1.57. The molecule has 0 aromatic heterocycles. The molecule has 0 N–H and O–H groups in total. The number of amides is 1. The predicted molar refractivity (Wildman–Crippen MR) is 47.7 cm³/mol. The van der Waals surface area contributed by atoms with Crippen molar-refractivity contribution < 1.29 is 4.79 Å². The summed E-state index contributed by atoms with van der Waals surface area (Å²) in [5.41, 5.74) is 0. The van der Waals surface area contributed by atoms with Crippen LogP contribution >= 0.6 is 0 Å². The zero-order valence-corrected chi connectivity index (χ0v) is 7.33. The number of nitrogens with zero attached hydrogens (tertiary/aromatic N) is 1. The molecule has 1 fully saturated rings. The standard InChI is InChI=1S/C10H15NO/c12-10(8-9-4-5-9)11-6-2-1-3-7-11/h1-2,9H,3-8H2. The highest BCUT2D eigenvalue weighted by Crippen LogP contribution is 2.32. The van der Waals surface area contributed by atoms with Crippen molar-refractivity contribution in [1.29, 1.82) is 0 Å². The van der Waals surface area contributed by atoms with E-state index in [1.165, 1.54) is 12.8 Å². The molecule has 2 nitrogen and oxygen atoms in total. The molecular formula is C10H15NO. The van der Waals surface area contributed by atoms with Crippen molar-refractivity contribution in [3.63, 3.8) is 0 Å². The lowest BCUT2D eigenvalue weighted by atomic mass is 10.2. The number of carbonyl (C=O) groups excluding carboxylic acids is 1. The lowest BCUT2D eigenvalue weighted by molar-refractivity contribution is -0.131. The molecule has 0 radical (unpaired) electrons. The summed E-state index contributed by atoms with van der Waals surface area (Å²) in [6.45, 7) is 1.77. The van der Waals surface area contributed by atoms with E-state index in [4.69, 9.17) is 0 Å². The molecule has 1 heterocycles. The van der Waals surface area contributed by atoms with Gasteiger partial charge in [0.15, 0.2) is 0 Å². The summed E-state index contributed by atoms with van der Waals surface area (Å²) in [6, 6.07) is 0. The second-order valence-electron chi connectivity index (χ2n) is 3.75. The Morgan fingerprint density at radius 3 is 2.83 bits per heavy atom. The Bertz CT molecular complexity index is 206. The van der Waals surface area contributed by atoms with Gasteiger partial charge in [-0.05, 0) is 25.2 Å². The summed E-state index contributed by atoms with van der Waals surface area (Å²) in [7, 11) is 0. The Morgan fingerprint density at radius 1 is 1.42 bits per heavy atom. The van der Waals surface area contributed by atoms with Crippen LogP contribution < -0.4 is 0 Å². The highest BCUT2D eigenvalue weighted by molar-refractivity contribution is 5.77. The molecule has 1 aliphatic heterocycles. The maximum Gasteiger partial charge on any atom is 0.223 e. The third-order valence-electron chi connectivity index (χ3n) is 2.57. The molecule has 1 aliphatic carbocycles. The van der Waals surface area contributed by atoms with Gasteiger partial charge in [0.1, 0.15) is 0 Å². The van der Waals surface area contributed by atoms with Crippen molar-refractivity contribution in [3.8, 4) is 0 Å². The smallest absolute Gasteiger partial charge is 0.223 e. The van der Waals surface area contributed by atoms with Gasteiger partial charge in [0.05, 0.1) is 0 Å². The van der Waals surface area contributed by atoms with E-state index in [0.29, 0.717) is 5.91 Å². The minimum Gasteiger partial charge on any atom is -0.339 e. The van der Waals surface area contributed by atoms with Crippen LogP contribution in [0.1, 0.15) is 25.7 Å². The van der Waals surface area contributed by atoms with Crippen LogP contribution in [0.25, 0.3) is 0 Å². The van der Waals surface area contributed by atoms with Crippen LogP contribution in [0.5, 0.6) is 0 Å². The second-order valence-corrected chi connectivity index (χ2v) is 3.75. The summed E-state index contributed by atoms with van der Waals surface area (Å²) in [4.78, 5) is 13.5. The van der Waals surface area contributed by atoms with Gasteiger partial charge in [-0.15, -0.1) is 0 Å². The van der Waals surface area contributed by atoms with E-state index in [1.807, 2.05) is 4.90 Å². The molecule has 2 rings (SSSR count). The number of carbonyl (C=O) groups is 1. The maximum absolute atomic E-state index is 11.5. The largest absolute Gasteiger partial charge is 0.339 e. The summed E-state index contributed by atoms with van der Waals surface area (Å²) in [5, 5.41) is 0. The predicted octanol–water partition coefficient (Wildman–Crippen LogP) is 1.58. The molecule has 2 heteroatoms. The van der Waals surface area contributed by atoms with Crippen LogP contribution in [0.4, 0.5) is 0 Å². The zero-order valence-electron chi connectivity index (χ0n) is 7.33. The molecule has 0 atom stereocenters. The van der Waals surface area contributed by atoms with E-state index in [1.54, 1.807) is 0 Å². The van der Waals surface area contributed by atoms with Crippen molar-refractivity contribution in [2.75, 3.05) is 13.1 Å². The second kappa shape index (κ2) is 3.30. The topological polar surface area (TPSA) is 20.3 Å². The van der Waals surface area contributed by atoms with Gasteiger partial charge in [0, 0.05) is 19.5 Å². The van der Waals surface area contributed by atoms with Crippen LogP contribution in [-0.2, 0) is 4.79 Å². The van der Waals surface area contributed by atoms with Crippen molar-refractivity contribution >= 4 is 5.91 Å². The van der Waals surface area contributed by atoms with Gasteiger partial charge in [-0.25, -0.2) is 0 Å². The number of rotatable bonds is 2. The van der Waals surface area contributed by atoms with Gasteiger partial charge in [0.2, 0.25) is 5.91 Å². The van der Waals surface area contributed by atoms with Crippen molar-refractivity contribution in [2.45, 2.75) is 25.7 Å². The Labute approximate surface area is 73.2 Å². The highest BCUT2D eigenvalue weighted by atomic mass is 16.2. The van der Waals surface area contributed by atoms with Gasteiger partial charge in [-0.2, -0.15) is 0 Å². The molecule has 0 unspecified atom stereocenters. The van der Waals surface area contributed by atoms with E-state index in [0.717, 1.165) is 31.8 Å². The average Bonchev–Trinajstić information content (AvgIpc) is 2.90. The molecule has 0 aromatic carbocycles. The van der Waals surface area contributed by atoms with Crippen LogP contribution in [0.3, 0.4) is 0 Å². The first-order chi connectivity index (χ1) is 5.86. The first-order valence-corrected chi connectivity index (χ1v) is 4.79. The Kier molecular flexibility index (Phi) is 2.15. The molecule has 0 saturated heterocycles. The van der Waals surface area contributed by atoms with Crippen LogP contribution in [0.2, 0.25) is 0 Å². The van der Waals surface area contributed by atoms with Gasteiger partial charge in [-0.1, -0.05) is 12.2 Å². The molecule has 0 aromatic rings. The molecule has 12 heavy (non-hydrogen) atoms. The van der Waals surface area contributed by atoms with Gasteiger partial charge < -0.3 is 4.90 Å². The molecule has 1 saturated carbocycles. The Morgan fingerprint density at radius 2 is 2.25 bits per heavy atom. The minimum absolute atomic E-state index is 0.363. The van der Waals surface area contributed by atoms with Crippen LogP contribution in [-0.4, -0.2) is 23.9 Å². The monoisotopic (exact) mass is 165 g/mol. The van der Waals surface area contributed by atoms with Crippen molar-refractivity contribution in [3.05, 3.63) is 12.2 Å². The summed E-state index contributed by atoms with van der Waals surface area (Å²) < 4.78 is 0. The average molecular weight is 165 g/mol. The van der Waals surface area contributed by atoms with Crippen molar-refractivity contribution in [1.82, 2.24) is 4.90 Å².